The Morgan fingerprint density at radius 2 is 1.83 bits per heavy atom. The minimum atomic E-state index is -1.31. The maximum absolute atomic E-state index is 12.6. The third kappa shape index (κ3) is 3.41. The van der Waals surface area contributed by atoms with E-state index >= 15 is 0 Å². The van der Waals surface area contributed by atoms with E-state index < -0.39 is 29.2 Å². The van der Waals surface area contributed by atoms with Crippen molar-refractivity contribution in [3.05, 3.63) is 29.8 Å². The lowest BCUT2D eigenvalue weighted by Gasteiger charge is -2.36. The summed E-state index contributed by atoms with van der Waals surface area (Å²) in [6.07, 6.45) is 0.220. The molecule has 23 heavy (non-hydrogen) atoms. The highest BCUT2D eigenvalue weighted by atomic mass is 16.6. The van der Waals surface area contributed by atoms with Crippen LogP contribution in [0.4, 0.5) is 4.79 Å². The summed E-state index contributed by atoms with van der Waals surface area (Å²) in [5.41, 5.74) is -1.25. The van der Waals surface area contributed by atoms with Crippen LogP contribution in [0, 0.1) is 0 Å². The Bertz CT molecular complexity index is 604. The molecular formula is C17H23NO5. The number of phenolic OH excluding ortho intramolecular Hbond substituents is 1. The number of rotatable bonds is 2. The second-order valence-corrected chi connectivity index (χ2v) is 7.08. The smallest absolute Gasteiger partial charge is 0.411 e. The van der Waals surface area contributed by atoms with Gasteiger partial charge in [0.05, 0.1) is 6.04 Å². The van der Waals surface area contributed by atoms with Gasteiger partial charge in [0.15, 0.2) is 0 Å². The predicted molar refractivity (Wildman–Crippen MR) is 84.2 cm³/mol. The van der Waals surface area contributed by atoms with Crippen molar-refractivity contribution in [3.8, 4) is 5.75 Å². The molecule has 1 amide bonds. The molecule has 1 aromatic carbocycles. The van der Waals surface area contributed by atoms with E-state index in [-0.39, 0.29) is 5.75 Å². The fraction of sp³-hybridized carbons (Fsp3) is 0.529. The molecule has 0 saturated carbocycles. The largest absolute Gasteiger partial charge is 0.508 e. The second kappa shape index (κ2) is 5.76. The number of carboxylic acids is 1. The normalized spacial score (nSPS) is 24.5. The van der Waals surface area contributed by atoms with Gasteiger partial charge in [0.25, 0.3) is 0 Å². The number of carbonyl (C=O) groups excluding carboxylic acids is 1. The molecule has 0 spiro atoms. The van der Waals surface area contributed by atoms with Crippen LogP contribution in [-0.2, 0) is 9.53 Å². The van der Waals surface area contributed by atoms with E-state index in [0.29, 0.717) is 12.8 Å². The summed E-state index contributed by atoms with van der Waals surface area (Å²) in [6.45, 7) is 6.78. The lowest BCUT2D eigenvalue weighted by Crippen LogP contribution is -2.52. The number of phenols is 1. The standard InChI is InChI=1S/C17H23NO5/c1-16(2,3)23-15(22)18-13(9-10-17(18,4)14(20)21)11-5-7-12(19)8-6-11/h5-8,13,19H,9-10H2,1-4H3,(H,20,21)/t13-,17+/m1/s1. The number of aromatic hydroxyl groups is 1. The number of hydrogen-bond acceptors (Lipinski definition) is 4. The van der Waals surface area contributed by atoms with Crippen molar-refractivity contribution in [3.63, 3.8) is 0 Å². The first-order valence-electron chi connectivity index (χ1n) is 7.59. The van der Waals surface area contributed by atoms with Crippen LogP contribution in [0.1, 0.15) is 52.1 Å². The first-order chi connectivity index (χ1) is 10.5. The van der Waals surface area contributed by atoms with Crippen molar-refractivity contribution in [1.29, 1.82) is 0 Å². The summed E-state index contributed by atoms with van der Waals surface area (Å²) in [7, 11) is 0. The Morgan fingerprint density at radius 3 is 2.30 bits per heavy atom. The Morgan fingerprint density at radius 1 is 1.26 bits per heavy atom. The van der Waals surface area contributed by atoms with Crippen LogP contribution < -0.4 is 0 Å². The first-order valence-corrected chi connectivity index (χ1v) is 7.59. The molecule has 1 aromatic rings. The topological polar surface area (TPSA) is 87.1 Å². The summed E-state index contributed by atoms with van der Waals surface area (Å²) in [4.78, 5) is 25.7. The van der Waals surface area contributed by atoms with E-state index in [4.69, 9.17) is 4.74 Å². The second-order valence-electron chi connectivity index (χ2n) is 7.08. The van der Waals surface area contributed by atoms with E-state index in [1.165, 1.54) is 17.0 Å². The number of carboxylic acid groups (broad SMARTS) is 1. The van der Waals surface area contributed by atoms with Crippen molar-refractivity contribution >= 4 is 12.1 Å². The van der Waals surface area contributed by atoms with E-state index in [0.717, 1.165) is 5.56 Å². The lowest BCUT2D eigenvalue weighted by atomic mass is 9.99. The SMILES string of the molecule is CC(C)(C)OC(=O)N1[C@@H](c2ccc(O)cc2)CC[C@@]1(C)C(=O)O. The van der Waals surface area contributed by atoms with E-state index in [2.05, 4.69) is 0 Å². The van der Waals surface area contributed by atoms with Crippen molar-refractivity contribution in [2.45, 2.75) is 57.7 Å². The van der Waals surface area contributed by atoms with Gasteiger partial charge in [-0.2, -0.15) is 0 Å². The fourth-order valence-electron chi connectivity index (χ4n) is 2.87. The van der Waals surface area contributed by atoms with Crippen LogP contribution in [0.5, 0.6) is 5.75 Å². The molecule has 0 bridgehead atoms. The molecule has 0 aliphatic carbocycles. The van der Waals surface area contributed by atoms with Crippen LogP contribution in [0.3, 0.4) is 0 Å². The molecular weight excluding hydrogens is 298 g/mol. The number of amides is 1. The molecule has 0 radical (unpaired) electrons. The Kier molecular flexibility index (Phi) is 4.28. The average Bonchev–Trinajstić information content (AvgIpc) is 2.77. The summed E-state index contributed by atoms with van der Waals surface area (Å²) >= 11 is 0. The minimum Gasteiger partial charge on any atom is -0.508 e. The van der Waals surface area contributed by atoms with Gasteiger partial charge in [0.2, 0.25) is 0 Å². The van der Waals surface area contributed by atoms with Gasteiger partial charge in [-0.3, -0.25) is 4.90 Å². The zero-order valence-electron chi connectivity index (χ0n) is 13.9. The number of likely N-dealkylation sites (tertiary alicyclic amines) is 1. The number of aliphatic carboxylic acids is 1. The minimum absolute atomic E-state index is 0.122. The average molecular weight is 321 g/mol. The molecule has 1 aliphatic heterocycles. The van der Waals surface area contributed by atoms with Gasteiger partial charge in [0.1, 0.15) is 16.9 Å². The zero-order valence-corrected chi connectivity index (χ0v) is 13.9. The van der Waals surface area contributed by atoms with Crippen molar-refractivity contribution in [1.82, 2.24) is 4.90 Å². The molecule has 6 heteroatoms. The molecule has 6 nitrogen and oxygen atoms in total. The number of benzene rings is 1. The van der Waals surface area contributed by atoms with Crippen LogP contribution in [0.25, 0.3) is 0 Å². The van der Waals surface area contributed by atoms with Crippen molar-refractivity contribution in [2.24, 2.45) is 0 Å². The third-order valence-corrected chi connectivity index (χ3v) is 4.08. The predicted octanol–water partition coefficient (Wildman–Crippen LogP) is 3.31. The monoisotopic (exact) mass is 321 g/mol. The summed E-state index contributed by atoms with van der Waals surface area (Å²) < 4.78 is 5.42. The molecule has 0 unspecified atom stereocenters. The van der Waals surface area contributed by atoms with E-state index in [1.54, 1.807) is 39.8 Å². The van der Waals surface area contributed by atoms with Gasteiger partial charge < -0.3 is 14.9 Å². The van der Waals surface area contributed by atoms with Gasteiger partial charge in [-0.1, -0.05) is 12.1 Å². The number of ether oxygens (including phenoxy) is 1. The molecule has 1 heterocycles. The lowest BCUT2D eigenvalue weighted by molar-refractivity contribution is -0.149. The molecule has 126 valence electrons. The quantitative estimate of drug-likeness (QED) is 0.872. The van der Waals surface area contributed by atoms with Crippen molar-refractivity contribution < 1.29 is 24.5 Å². The van der Waals surface area contributed by atoms with Gasteiger partial charge in [-0.05, 0) is 58.2 Å². The maximum atomic E-state index is 12.6. The van der Waals surface area contributed by atoms with Crippen LogP contribution >= 0.6 is 0 Å². The van der Waals surface area contributed by atoms with Crippen LogP contribution in [0.2, 0.25) is 0 Å². The maximum Gasteiger partial charge on any atom is 0.411 e. The Balaban J connectivity index is 2.40. The van der Waals surface area contributed by atoms with Gasteiger partial charge in [0, 0.05) is 0 Å². The molecule has 2 rings (SSSR count). The number of hydrogen-bond donors (Lipinski definition) is 2. The fourth-order valence-corrected chi connectivity index (χ4v) is 2.87. The zero-order chi connectivity index (χ0) is 17.4. The van der Waals surface area contributed by atoms with E-state index in [9.17, 15) is 19.8 Å². The highest BCUT2D eigenvalue weighted by Crippen LogP contribution is 2.43. The molecule has 2 N–H and O–H groups in total. The summed E-state index contributed by atoms with van der Waals surface area (Å²) in [5, 5.41) is 19.0. The third-order valence-electron chi connectivity index (χ3n) is 4.08. The number of carbonyl (C=O) groups is 2. The van der Waals surface area contributed by atoms with Crippen LogP contribution in [0.15, 0.2) is 24.3 Å². The van der Waals surface area contributed by atoms with Crippen molar-refractivity contribution in [2.75, 3.05) is 0 Å². The number of nitrogens with zero attached hydrogens (tertiary/aromatic N) is 1. The highest BCUT2D eigenvalue weighted by molar-refractivity contribution is 5.85. The van der Waals surface area contributed by atoms with Gasteiger partial charge in [-0.15, -0.1) is 0 Å². The van der Waals surface area contributed by atoms with Crippen LogP contribution in [-0.4, -0.2) is 38.3 Å². The van der Waals surface area contributed by atoms with Gasteiger partial charge >= 0.3 is 12.1 Å². The summed E-state index contributed by atoms with van der Waals surface area (Å²) in [6, 6.07) is 6.06. The molecule has 1 fully saturated rings. The molecule has 1 aliphatic rings. The van der Waals surface area contributed by atoms with Gasteiger partial charge in [-0.25, -0.2) is 9.59 Å². The molecule has 1 saturated heterocycles. The Hall–Kier alpha value is -2.24. The molecule has 2 atom stereocenters. The van der Waals surface area contributed by atoms with E-state index in [1.807, 2.05) is 0 Å². The highest BCUT2D eigenvalue weighted by Gasteiger charge is 2.52. The summed E-state index contributed by atoms with van der Waals surface area (Å²) in [5.74, 6) is -0.929. The molecule has 0 aromatic heterocycles. The Labute approximate surface area is 135 Å². The first kappa shape index (κ1) is 17.1.